The van der Waals surface area contributed by atoms with E-state index in [0.29, 0.717) is 40.0 Å². The molecule has 1 fully saturated rings. The Balaban J connectivity index is 1.49. The van der Waals surface area contributed by atoms with Crippen molar-refractivity contribution in [2.24, 2.45) is 5.73 Å². The van der Waals surface area contributed by atoms with E-state index in [2.05, 4.69) is 20.4 Å². The Kier molecular flexibility index (Phi) is 6.96. The Morgan fingerprint density at radius 1 is 1.19 bits per heavy atom. The third kappa shape index (κ3) is 5.12. The number of halogens is 6. The second-order valence-electron chi connectivity index (χ2n) is 9.67. The van der Waals surface area contributed by atoms with Gasteiger partial charge in [-0.15, -0.1) is 11.3 Å². The zero-order valence-electron chi connectivity index (χ0n) is 21.8. The van der Waals surface area contributed by atoms with Gasteiger partial charge in [-0.05, 0) is 48.6 Å². The summed E-state index contributed by atoms with van der Waals surface area (Å²) >= 11 is 7.13. The largest absolute Gasteiger partial charge is 0.497 e. The van der Waals surface area contributed by atoms with Crippen LogP contribution in [0.3, 0.4) is 0 Å². The van der Waals surface area contributed by atoms with Crippen molar-refractivity contribution in [3.8, 4) is 17.0 Å². The quantitative estimate of drug-likeness (QED) is 0.188. The number of fused-ring (bicyclic) bond motifs is 2. The van der Waals surface area contributed by atoms with Gasteiger partial charge in [-0.25, -0.2) is 23.3 Å². The number of rotatable bonds is 7. The summed E-state index contributed by atoms with van der Waals surface area (Å²) in [6.07, 6.45) is -6.42. The van der Waals surface area contributed by atoms with E-state index in [1.807, 2.05) is 0 Å². The highest BCUT2D eigenvalue weighted by atomic mass is 35.5. The zero-order chi connectivity index (χ0) is 30.8. The standard InChI is InChI=1S/C27H18ClF5N6O3S/c1-42-12-4-2-3-11(7-12)14-9-16(27(31,32)33)39-24(35-14)18(28)20(38-39)25(41)37-19-17-13(10-5-6-10)8-15(22(29)30)36-26(17)43-21(19)23(34)40/h2-4,7-10,22H,5-6H2,1H3,(H2,34,40)(H,37,41). The normalized spacial score (nSPS) is 13.7. The lowest BCUT2D eigenvalue weighted by atomic mass is 10.0. The minimum Gasteiger partial charge on any atom is -0.497 e. The molecule has 0 bridgehead atoms. The molecule has 2 amide bonds. The minimum atomic E-state index is -4.92. The van der Waals surface area contributed by atoms with E-state index in [4.69, 9.17) is 22.1 Å². The molecule has 0 radical (unpaired) electrons. The lowest BCUT2D eigenvalue weighted by molar-refractivity contribution is -0.142. The van der Waals surface area contributed by atoms with Crippen LogP contribution >= 0.6 is 22.9 Å². The maximum absolute atomic E-state index is 14.2. The fourth-order valence-corrected chi connectivity index (χ4v) is 5.98. The molecule has 43 heavy (non-hydrogen) atoms. The predicted molar refractivity (Wildman–Crippen MR) is 148 cm³/mol. The predicted octanol–water partition coefficient (Wildman–Crippen LogP) is 6.85. The topological polar surface area (TPSA) is 124 Å². The maximum Gasteiger partial charge on any atom is 0.433 e. The van der Waals surface area contributed by atoms with Gasteiger partial charge in [-0.1, -0.05) is 23.7 Å². The molecule has 16 heteroatoms. The molecule has 1 aromatic carbocycles. The zero-order valence-corrected chi connectivity index (χ0v) is 23.4. The highest BCUT2D eigenvalue weighted by Gasteiger charge is 2.37. The van der Waals surface area contributed by atoms with Gasteiger partial charge in [-0.2, -0.15) is 18.3 Å². The van der Waals surface area contributed by atoms with Crippen LogP contribution in [0.15, 0.2) is 36.4 Å². The molecular weight excluding hydrogens is 619 g/mol. The summed E-state index contributed by atoms with van der Waals surface area (Å²) in [7, 11) is 1.40. The number of nitrogens with two attached hydrogens (primary N) is 1. The molecule has 0 saturated heterocycles. The van der Waals surface area contributed by atoms with Crippen molar-refractivity contribution in [2.45, 2.75) is 31.4 Å². The van der Waals surface area contributed by atoms with Crippen LogP contribution in [0.5, 0.6) is 5.75 Å². The van der Waals surface area contributed by atoms with Crippen LogP contribution in [0.4, 0.5) is 27.6 Å². The van der Waals surface area contributed by atoms with Crippen molar-refractivity contribution in [2.75, 3.05) is 12.4 Å². The SMILES string of the molecule is COc1cccc(-c2cc(C(F)(F)F)n3nc(C(=O)Nc4c(C(N)=O)sc5nc(C(F)F)cc(C6CC6)c45)c(Cl)c3n2)c1. The van der Waals surface area contributed by atoms with E-state index in [9.17, 15) is 31.5 Å². The highest BCUT2D eigenvalue weighted by molar-refractivity contribution is 7.21. The highest BCUT2D eigenvalue weighted by Crippen LogP contribution is 2.48. The number of thiophene rings is 1. The second kappa shape index (κ2) is 10.4. The van der Waals surface area contributed by atoms with Gasteiger partial charge >= 0.3 is 6.18 Å². The lowest BCUT2D eigenvalue weighted by Gasteiger charge is -2.11. The summed E-state index contributed by atoms with van der Waals surface area (Å²) in [5.74, 6) is -1.78. The molecule has 1 aliphatic carbocycles. The summed E-state index contributed by atoms with van der Waals surface area (Å²) in [4.78, 5) is 33.9. The Morgan fingerprint density at radius 2 is 1.93 bits per heavy atom. The number of anilines is 1. The summed E-state index contributed by atoms with van der Waals surface area (Å²) < 4.78 is 75.2. The maximum atomic E-state index is 14.2. The second-order valence-corrected chi connectivity index (χ2v) is 11.0. The van der Waals surface area contributed by atoms with Crippen LogP contribution in [0.1, 0.15) is 62.3 Å². The number of methoxy groups -OCH3 is 1. The number of carbonyl (C=O) groups is 2. The molecule has 4 heterocycles. The third-order valence-corrected chi connectivity index (χ3v) is 8.27. The number of nitrogens with one attached hydrogen (secondary N) is 1. The number of benzene rings is 1. The molecule has 5 aromatic rings. The van der Waals surface area contributed by atoms with Crippen molar-refractivity contribution in [3.63, 3.8) is 0 Å². The summed E-state index contributed by atoms with van der Waals surface area (Å²) in [5.41, 5.74) is 3.23. The fraction of sp³-hybridized carbons (Fsp3) is 0.222. The van der Waals surface area contributed by atoms with E-state index in [1.54, 1.807) is 12.1 Å². The molecule has 9 nitrogen and oxygen atoms in total. The number of hydrogen-bond donors (Lipinski definition) is 2. The number of pyridine rings is 1. The number of hydrogen-bond acceptors (Lipinski definition) is 7. The van der Waals surface area contributed by atoms with E-state index >= 15 is 0 Å². The number of nitrogens with zero attached hydrogens (tertiary/aromatic N) is 4. The molecule has 0 spiro atoms. The van der Waals surface area contributed by atoms with E-state index in [0.717, 1.165) is 6.07 Å². The molecule has 0 atom stereocenters. The van der Waals surface area contributed by atoms with Crippen molar-refractivity contribution >= 4 is 56.3 Å². The van der Waals surface area contributed by atoms with Crippen molar-refractivity contribution in [3.05, 3.63) is 68.9 Å². The molecule has 0 aliphatic heterocycles. The van der Waals surface area contributed by atoms with E-state index < -0.39 is 52.2 Å². The molecule has 1 saturated carbocycles. The van der Waals surface area contributed by atoms with Gasteiger partial charge in [0.15, 0.2) is 17.0 Å². The van der Waals surface area contributed by atoms with Gasteiger partial charge in [0.05, 0.1) is 18.5 Å². The number of primary amides is 1. The van der Waals surface area contributed by atoms with Crippen molar-refractivity contribution in [1.29, 1.82) is 0 Å². The molecule has 6 rings (SSSR count). The van der Waals surface area contributed by atoms with E-state index in [1.165, 1.54) is 25.3 Å². The van der Waals surface area contributed by atoms with Crippen LogP contribution in [0.2, 0.25) is 5.02 Å². The monoisotopic (exact) mass is 636 g/mol. The lowest BCUT2D eigenvalue weighted by Crippen LogP contribution is -2.18. The van der Waals surface area contributed by atoms with Gasteiger partial charge in [-0.3, -0.25) is 9.59 Å². The average Bonchev–Trinajstić information content (AvgIpc) is 3.67. The fourth-order valence-electron chi connectivity index (χ4n) is 4.71. The summed E-state index contributed by atoms with van der Waals surface area (Å²) in [5, 5.41) is 6.06. The molecule has 1 aliphatic rings. The minimum absolute atomic E-state index is 0.0499. The van der Waals surface area contributed by atoms with Gasteiger partial charge in [0.25, 0.3) is 18.2 Å². The molecular formula is C27H18ClF5N6O3S. The number of aromatic nitrogens is 4. The third-order valence-electron chi connectivity index (χ3n) is 6.82. The molecule has 0 unspecified atom stereocenters. The van der Waals surface area contributed by atoms with Gasteiger partial charge in [0.2, 0.25) is 0 Å². The Labute approximate surface area is 247 Å². The Bertz CT molecular complexity index is 1950. The summed E-state index contributed by atoms with van der Waals surface area (Å²) in [6, 6.07) is 8.16. The molecule has 3 N–H and O–H groups in total. The van der Waals surface area contributed by atoms with Crippen LogP contribution in [0, 0.1) is 0 Å². The molecule has 4 aromatic heterocycles. The van der Waals surface area contributed by atoms with E-state index in [-0.39, 0.29) is 38.0 Å². The summed E-state index contributed by atoms with van der Waals surface area (Å²) in [6.45, 7) is 0. The first kappa shape index (κ1) is 28.7. The van der Waals surface area contributed by atoms with Crippen molar-refractivity contribution in [1.82, 2.24) is 19.6 Å². The van der Waals surface area contributed by atoms with Crippen molar-refractivity contribution < 1.29 is 36.3 Å². The first-order valence-electron chi connectivity index (χ1n) is 12.5. The number of alkyl halides is 5. The van der Waals surface area contributed by atoms with Gasteiger partial charge < -0.3 is 15.8 Å². The van der Waals surface area contributed by atoms with Crippen LogP contribution in [0.25, 0.3) is 27.1 Å². The Morgan fingerprint density at radius 3 is 2.56 bits per heavy atom. The van der Waals surface area contributed by atoms with Gasteiger partial charge in [0, 0.05) is 10.9 Å². The van der Waals surface area contributed by atoms with Gasteiger partial charge in [0.1, 0.15) is 26.2 Å². The molecule has 222 valence electrons. The Hall–Kier alpha value is -4.37. The smallest absolute Gasteiger partial charge is 0.433 e. The number of amides is 2. The van der Waals surface area contributed by atoms with Crippen LogP contribution in [-0.4, -0.2) is 38.5 Å². The van der Waals surface area contributed by atoms with Crippen LogP contribution in [-0.2, 0) is 6.18 Å². The number of carbonyl (C=O) groups excluding carboxylic acids is 2. The first-order valence-corrected chi connectivity index (χ1v) is 13.7. The number of ether oxygens (including phenoxy) is 1. The first-order chi connectivity index (χ1) is 20.4. The van der Waals surface area contributed by atoms with Crippen LogP contribution < -0.4 is 15.8 Å². The average molecular weight is 637 g/mol.